The van der Waals surface area contributed by atoms with E-state index in [1.165, 1.54) is 0 Å². The third-order valence-corrected chi connectivity index (χ3v) is 4.04. The Morgan fingerprint density at radius 1 is 0.846 bits per heavy atom. The molecule has 3 aromatic carbocycles. The first-order chi connectivity index (χ1) is 12.8. The van der Waals surface area contributed by atoms with E-state index in [-0.39, 0.29) is 5.91 Å². The molecule has 0 bridgehead atoms. The van der Waals surface area contributed by atoms with Crippen LogP contribution >= 0.6 is 0 Å². The normalized spacial score (nSPS) is 11.5. The van der Waals surface area contributed by atoms with Crippen LogP contribution in [0.3, 0.4) is 0 Å². The van der Waals surface area contributed by atoms with Gasteiger partial charge in [-0.15, -0.1) is 0 Å². The van der Waals surface area contributed by atoms with E-state index in [1.54, 1.807) is 12.1 Å². The van der Waals surface area contributed by atoms with E-state index in [9.17, 15) is 4.79 Å². The SMILES string of the molecule is O=C(N/C(=C/c1ccccc1)c1nc2ccccc2[nH]1)c1ccccc1. The van der Waals surface area contributed by atoms with Crippen molar-refractivity contribution in [2.75, 3.05) is 0 Å². The maximum Gasteiger partial charge on any atom is 0.255 e. The van der Waals surface area contributed by atoms with E-state index >= 15 is 0 Å². The second kappa shape index (κ2) is 7.07. The molecular formula is C22H17N3O. The van der Waals surface area contributed by atoms with Crippen LogP contribution < -0.4 is 5.32 Å². The number of fused-ring (bicyclic) bond motifs is 1. The molecule has 0 radical (unpaired) electrons. The van der Waals surface area contributed by atoms with Gasteiger partial charge in [-0.05, 0) is 35.9 Å². The number of para-hydroxylation sites is 2. The smallest absolute Gasteiger partial charge is 0.255 e. The lowest BCUT2D eigenvalue weighted by atomic mass is 10.1. The number of nitrogens with one attached hydrogen (secondary N) is 2. The Balaban J connectivity index is 1.74. The fourth-order valence-corrected chi connectivity index (χ4v) is 2.74. The molecule has 0 atom stereocenters. The number of rotatable bonds is 4. The van der Waals surface area contributed by atoms with E-state index in [1.807, 2.05) is 78.9 Å². The van der Waals surface area contributed by atoms with Crippen LogP contribution in [-0.2, 0) is 0 Å². The Bertz CT molecular complexity index is 1030. The van der Waals surface area contributed by atoms with Gasteiger partial charge in [0, 0.05) is 5.56 Å². The number of aromatic nitrogens is 2. The van der Waals surface area contributed by atoms with Crippen LogP contribution in [0.15, 0.2) is 84.9 Å². The van der Waals surface area contributed by atoms with Gasteiger partial charge in [-0.2, -0.15) is 0 Å². The fourth-order valence-electron chi connectivity index (χ4n) is 2.74. The minimum atomic E-state index is -0.173. The molecule has 1 heterocycles. The summed E-state index contributed by atoms with van der Waals surface area (Å²) in [6.45, 7) is 0. The minimum absolute atomic E-state index is 0.173. The first-order valence-corrected chi connectivity index (χ1v) is 8.38. The summed E-state index contributed by atoms with van der Waals surface area (Å²) < 4.78 is 0. The second-order valence-corrected chi connectivity index (χ2v) is 5.89. The van der Waals surface area contributed by atoms with Crippen molar-refractivity contribution in [3.8, 4) is 0 Å². The number of hydrogen-bond acceptors (Lipinski definition) is 2. The molecule has 126 valence electrons. The predicted molar refractivity (Wildman–Crippen MR) is 104 cm³/mol. The van der Waals surface area contributed by atoms with E-state index in [2.05, 4.69) is 15.3 Å². The molecule has 2 N–H and O–H groups in total. The van der Waals surface area contributed by atoms with Crippen LogP contribution in [-0.4, -0.2) is 15.9 Å². The molecule has 1 amide bonds. The van der Waals surface area contributed by atoms with Crippen LogP contribution in [0.1, 0.15) is 21.7 Å². The van der Waals surface area contributed by atoms with Gasteiger partial charge in [-0.3, -0.25) is 4.79 Å². The van der Waals surface area contributed by atoms with Crippen molar-refractivity contribution in [1.82, 2.24) is 15.3 Å². The fraction of sp³-hybridized carbons (Fsp3) is 0. The molecule has 4 nitrogen and oxygen atoms in total. The molecule has 0 saturated carbocycles. The van der Waals surface area contributed by atoms with Crippen LogP contribution in [0.5, 0.6) is 0 Å². The molecule has 4 rings (SSSR count). The zero-order valence-corrected chi connectivity index (χ0v) is 14.0. The number of aromatic amines is 1. The minimum Gasteiger partial charge on any atom is -0.337 e. The van der Waals surface area contributed by atoms with Crippen LogP contribution in [0.25, 0.3) is 22.8 Å². The van der Waals surface area contributed by atoms with Gasteiger partial charge in [-0.1, -0.05) is 60.7 Å². The zero-order chi connectivity index (χ0) is 17.8. The molecule has 0 aliphatic rings. The molecule has 0 spiro atoms. The Morgan fingerprint density at radius 3 is 2.23 bits per heavy atom. The number of imidazole rings is 1. The van der Waals surface area contributed by atoms with E-state index in [0.717, 1.165) is 16.6 Å². The van der Waals surface area contributed by atoms with Gasteiger partial charge < -0.3 is 10.3 Å². The van der Waals surface area contributed by atoms with E-state index < -0.39 is 0 Å². The molecule has 26 heavy (non-hydrogen) atoms. The average molecular weight is 339 g/mol. The van der Waals surface area contributed by atoms with Crippen molar-refractivity contribution >= 4 is 28.7 Å². The van der Waals surface area contributed by atoms with Gasteiger partial charge >= 0.3 is 0 Å². The first kappa shape index (κ1) is 15.8. The number of hydrogen-bond donors (Lipinski definition) is 2. The quantitative estimate of drug-likeness (QED) is 0.575. The van der Waals surface area contributed by atoms with Crippen LogP contribution in [0.2, 0.25) is 0 Å². The van der Waals surface area contributed by atoms with Crippen molar-refractivity contribution < 1.29 is 4.79 Å². The lowest BCUT2D eigenvalue weighted by Gasteiger charge is -2.08. The standard InChI is InChI=1S/C22H17N3O/c26-22(17-11-5-2-6-12-17)25-20(15-16-9-3-1-4-10-16)21-23-18-13-7-8-14-19(18)24-21/h1-15H,(H,23,24)(H,25,26)/b20-15+. The maximum atomic E-state index is 12.6. The zero-order valence-electron chi connectivity index (χ0n) is 14.0. The van der Waals surface area contributed by atoms with Crippen LogP contribution in [0.4, 0.5) is 0 Å². The van der Waals surface area contributed by atoms with Crippen molar-refractivity contribution in [3.05, 3.63) is 102 Å². The monoisotopic (exact) mass is 339 g/mol. The Kier molecular flexibility index (Phi) is 4.31. The average Bonchev–Trinajstić information content (AvgIpc) is 3.13. The highest BCUT2D eigenvalue weighted by molar-refractivity contribution is 6.01. The summed E-state index contributed by atoms with van der Waals surface area (Å²) in [6, 6.07) is 26.8. The molecule has 4 heteroatoms. The number of carbonyl (C=O) groups excluding carboxylic acids is 1. The highest BCUT2D eigenvalue weighted by Crippen LogP contribution is 2.18. The molecule has 4 aromatic rings. The summed E-state index contributed by atoms with van der Waals surface area (Å²) in [4.78, 5) is 20.5. The van der Waals surface area contributed by atoms with E-state index in [0.29, 0.717) is 17.1 Å². The van der Waals surface area contributed by atoms with Gasteiger partial charge in [0.2, 0.25) is 0 Å². The van der Waals surface area contributed by atoms with Crippen molar-refractivity contribution in [2.24, 2.45) is 0 Å². The Morgan fingerprint density at radius 2 is 1.50 bits per heavy atom. The third-order valence-electron chi connectivity index (χ3n) is 4.04. The van der Waals surface area contributed by atoms with Gasteiger partial charge in [-0.25, -0.2) is 4.98 Å². The van der Waals surface area contributed by atoms with Crippen molar-refractivity contribution in [2.45, 2.75) is 0 Å². The lowest BCUT2D eigenvalue weighted by Crippen LogP contribution is -2.22. The van der Waals surface area contributed by atoms with Gasteiger partial charge in [0.1, 0.15) is 0 Å². The number of carbonyl (C=O) groups is 1. The number of H-pyrrole nitrogens is 1. The van der Waals surface area contributed by atoms with Gasteiger partial charge in [0.25, 0.3) is 5.91 Å². The van der Waals surface area contributed by atoms with Crippen molar-refractivity contribution in [1.29, 1.82) is 0 Å². The second-order valence-electron chi connectivity index (χ2n) is 5.89. The summed E-state index contributed by atoms with van der Waals surface area (Å²) in [5.74, 6) is 0.451. The summed E-state index contributed by atoms with van der Waals surface area (Å²) in [7, 11) is 0. The molecule has 0 aliphatic heterocycles. The predicted octanol–water partition coefficient (Wildman–Crippen LogP) is 4.49. The number of amides is 1. The van der Waals surface area contributed by atoms with Gasteiger partial charge in [0.05, 0.1) is 16.7 Å². The molecular weight excluding hydrogens is 322 g/mol. The van der Waals surface area contributed by atoms with Crippen molar-refractivity contribution in [3.63, 3.8) is 0 Å². The summed E-state index contributed by atoms with van der Waals surface area (Å²) in [6.07, 6.45) is 1.92. The molecule has 0 aliphatic carbocycles. The Hall–Kier alpha value is -3.66. The summed E-state index contributed by atoms with van der Waals surface area (Å²) in [5, 5.41) is 2.99. The van der Waals surface area contributed by atoms with Gasteiger partial charge in [0.15, 0.2) is 5.82 Å². The Labute approximate surface area is 151 Å². The molecule has 0 fully saturated rings. The summed E-state index contributed by atoms with van der Waals surface area (Å²) in [5.41, 5.74) is 3.99. The lowest BCUT2D eigenvalue weighted by molar-refractivity contribution is 0.0973. The molecule has 0 unspecified atom stereocenters. The number of benzene rings is 3. The first-order valence-electron chi connectivity index (χ1n) is 8.38. The van der Waals surface area contributed by atoms with E-state index in [4.69, 9.17) is 0 Å². The number of nitrogens with zero attached hydrogens (tertiary/aromatic N) is 1. The maximum absolute atomic E-state index is 12.6. The molecule has 1 aromatic heterocycles. The largest absolute Gasteiger partial charge is 0.337 e. The summed E-state index contributed by atoms with van der Waals surface area (Å²) >= 11 is 0. The third kappa shape index (κ3) is 3.39. The van der Waals surface area contributed by atoms with Crippen LogP contribution in [0, 0.1) is 0 Å². The topological polar surface area (TPSA) is 57.8 Å². The highest BCUT2D eigenvalue weighted by Gasteiger charge is 2.13. The highest BCUT2D eigenvalue weighted by atomic mass is 16.1. The molecule has 0 saturated heterocycles.